The van der Waals surface area contributed by atoms with Gasteiger partial charge in [0.25, 0.3) is 0 Å². The van der Waals surface area contributed by atoms with Gasteiger partial charge in [-0.05, 0) is 20.8 Å². The molecule has 2 heterocycles. The SMILES string of the molecule is CC(C)(C)C(=O)ON1CCN(c2ncc(S(C)(=O)=O)s2)CC1. The number of anilines is 1. The number of thiazole rings is 1. The molecule has 0 N–H and O–H groups in total. The maximum Gasteiger partial charge on any atom is 0.330 e. The number of hydroxylamine groups is 2. The number of rotatable bonds is 3. The van der Waals surface area contributed by atoms with Crippen molar-refractivity contribution in [2.45, 2.75) is 25.0 Å². The Labute approximate surface area is 134 Å². The number of aromatic nitrogens is 1. The third-order valence-corrected chi connectivity index (χ3v) is 6.02. The average Bonchev–Trinajstić information content (AvgIpc) is 2.88. The third kappa shape index (κ3) is 4.17. The van der Waals surface area contributed by atoms with Crippen LogP contribution in [0.5, 0.6) is 0 Å². The van der Waals surface area contributed by atoms with Gasteiger partial charge < -0.3 is 9.74 Å². The van der Waals surface area contributed by atoms with Crippen LogP contribution in [0.1, 0.15) is 20.8 Å². The molecule has 1 aliphatic rings. The summed E-state index contributed by atoms with van der Waals surface area (Å²) in [7, 11) is -3.21. The van der Waals surface area contributed by atoms with Crippen LogP contribution in [-0.2, 0) is 19.5 Å². The molecule has 124 valence electrons. The first-order valence-electron chi connectivity index (χ1n) is 6.95. The molecule has 0 saturated carbocycles. The van der Waals surface area contributed by atoms with Gasteiger partial charge in [0.15, 0.2) is 15.0 Å². The highest BCUT2D eigenvalue weighted by Crippen LogP contribution is 2.27. The lowest BCUT2D eigenvalue weighted by molar-refractivity contribution is -0.201. The molecule has 7 nitrogen and oxygen atoms in total. The van der Waals surface area contributed by atoms with E-state index in [4.69, 9.17) is 4.84 Å². The van der Waals surface area contributed by atoms with Crippen LogP contribution < -0.4 is 4.90 Å². The lowest BCUT2D eigenvalue weighted by Gasteiger charge is -2.34. The number of carbonyl (C=O) groups is 1. The summed E-state index contributed by atoms with van der Waals surface area (Å²) >= 11 is 1.17. The lowest BCUT2D eigenvalue weighted by atomic mass is 9.98. The fraction of sp³-hybridized carbons (Fsp3) is 0.692. The second kappa shape index (κ2) is 6.13. The molecule has 0 bridgehead atoms. The zero-order valence-electron chi connectivity index (χ0n) is 13.2. The zero-order chi connectivity index (χ0) is 16.5. The van der Waals surface area contributed by atoms with E-state index in [2.05, 4.69) is 4.98 Å². The molecular weight excluding hydrogens is 326 g/mol. The van der Waals surface area contributed by atoms with Crippen molar-refractivity contribution in [3.05, 3.63) is 6.20 Å². The largest absolute Gasteiger partial charge is 0.367 e. The number of hydrogen-bond acceptors (Lipinski definition) is 8. The maximum absolute atomic E-state index is 11.8. The van der Waals surface area contributed by atoms with Crippen molar-refractivity contribution < 1.29 is 18.0 Å². The fourth-order valence-electron chi connectivity index (χ4n) is 1.79. The number of carbonyl (C=O) groups excluding carboxylic acids is 1. The minimum Gasteiger partial charge on any atom is -0.367 e. The van der Waals surface area contributed by atoms with E-state index in [1.807, 2.05) is 25.7 Å². The number of piperazine rings is 1. The Bertz CT molecular complexity index is 640. The van der Waals surface area contributed by atoms with Gasteiger partial charge >= 0.3 is 5.97 Å². The van der Waals surface area contributed by atoms with Crippen LogP contribution in [0.15, 0.2) is 10.4 Å². The molecule has 2 rings (SSSR count). The maximum atomic E-state index is 11.8. The smallest absolute Gasteiger partial charge is 0.330 e. The fourth-order valence-corrected chi connectivity index (χ4v) is 3.57. The topological polar surface area (TPSA) is 79.8 Å². The summed E-state index contributed by atoms with van der Waals surface area (Å²) < 4.78 is 23.2. The van der Waals surface area contributed by atoms with Gasteiger partial charge in [0.05, 0.1) is 24.7 Å². The van der Waals surface area contributed by atoms with Crippen molar-refractivity contribution in [2.24, 2.45) is 5.41 Å². The van der Waals surface area contributed by atoms with Crippen LogP contribution in [0.4, 0.5) is 5.13 Å². The predicted molar refractivity (Wildman–Crippen MR) is 84.6 cm³/mol. The van der Waals surface area contributed by atoms with E-state index in [1.54, 1.807) is 5.06 Å². The Kier molecular flexibility index (Phi) is 4.78. The van der Waals surface area contributed by atoms with Crippen molar-refractivity contribution >= 4 is 32.3 Å². The van der Waals surface area contributed by atoms with Gasteiger partial charge in [-0.1, -0.05) is 11.3 Å². The van der Waals surface area contributed by atoms with Crippen LogP contribution >= 0.6 is 11.3 Å². The lowest BCUT2D eigenvalue weighted by Crippen LogP contribution is -2.48. The predicted octanol–water partition coefficient (Wildman–Crippen LogP) is 1.17. The first kappa shape index (κ1) is 17.2. The van der Waals surface area contributed by atoms with Crippen molar-refractivity contribution in [3.63, 3.8) is 0 Å². The highest BCUT2D eigenvalue weighted by Gasteiger charge is 2.28. The van der Waals surface area contributed by atoms with E-state index in [-0.39, 0.29) is 10.2 Å². The van der Waals surface area contributed by atoms with Crippen LogP contribution in [0.3, 0.4) is 0 Å². The van der Waals surface area contributed by atoms with E-state index in [9.17, 15) is 13.2 Å². The first-order chi connectivity index (χ1) is 10.1. The van der Waals surface area contributed by atoms with Gasteiger partial charge in [0.1, 0.15) is 4.21 Å². The number of hydrogen-bond donors (Lipinski definition) is 0. The normalized spacial score (nSPS) is 17.5. The average molecular weight is 347 g/mol. The molecular formula is C13H21N3O4S2. The Morgan fingerprint density at radius 2 is 1.86 bits per heavy atom. The molecule has 22 heavy (non-hydrogen) atoms. The van der Waals surface area contributed by atoms with E-state index in [1.165, 1.54) is 23.8 Å². The molecule has 0 amide bonds. The Morgan fingerprint density at radius 3 is 2.32 bits per heavy atom. The number of nitrogens with zero attached hydrogens (tertiary/aromatic N) is 3. The Hall–Kier alpha value is -1.19. The van der Waals surface area contributed by atoms with Crippen LogP contribution in [-0.4, -0.2) is 56.9 Å². The molecule has 1 saturated heterocycles. The molecule has 0 atom stereocenters. The van der Waals surface area contributed by atoms with Crippen molar-refractivity contribution in [1.82, 2.24) is 10.0 Å². The van der Waals surface area contributed by atoms with Gasteiger partial charge in [0.2, 0.25) is 0 Å². The Morgan fingerprint density at radius 1 is 1.27 bits per heavy atom. The summed E-state index contributed by atoms with van der Waals surface area (Å²) in [4.78, 5) is 23.4. The molecule has 0 radical (unpaired) electrons. The van der Waals surface area contributed by atoms with E-state index >= 15 is 0 Å². The molecule has 1 aromatic heterocycles. The van der Waals surface area contributed by atoms with E-state index in [0.29, 0.717) is 31.3 Å². The molecule has 1 aromatic rings. The first-order valence-corrected chi connectivity index (χ1v) is 9.66. The second-order valence-electron chi connectivity index (χ2n) is 6.28. The van der Waals surface area contributed by atoms with Gasteiger partial charge in [-0.3, -0.25) is 0 Å². The third-order valence-electron chi connectivity index (χ3n) is 3.17. The molecule has 0 aromatic carbocycles. The standard InChI is InChI=1S/C13H21N3O4S2/c1-13(2,3)11(17)20-16-7-5-15(6-8-16)12-14-9-10(21-12)22(4,18)19/h9H,5-8H2,1-4H3. The summed E-state index contributed by atoms with van der Waals surface area (Å²) in [5, 5.41) is 2.33. The summed E-state index contributed by atoms with van der Waals surface area (Å²) in [5.41, 5.74) is -0.531. The van der Waals surface area contributed by atoms with Crippen molar-refractivity contribution in [2.75, 3.05) is 37.3 Å². The van der Waals surface area contributed by atoms with Crippen LogP contribution in [0.25, 0.3) is 0 Å². The summed E-state index contributed by atoms with van der Waals surface area (Å²) in [5.74, 6) is -0.255. The Balaban J connectivity index is 1.92. The molecule has 0 unspecified atom stereocenters. The van der Waals surface area contributed by atoms with E-state index < -0.39 is 15.3 Å². The van der Waals surface area contributed by atoms with E-state index in [0.717, 1.165) is 0 Å². The van der Waals surface area contributed by atoms with Gasteiger partial charge in [-0.2, -0.15) is 0 Å². The second-order valence-corrected chi connectivity index (χ2v) is 9.53. The summed E-state index contributed by atoms with van der Waals surface area (Å²) in [6.45, 7) is 7.84. The molecule has 0 aliphatic carbocycles. The summed E-state index contributed by atoms with van der Waals surface area (Å²) in [6, 6.07) is 0. The molecule has 1 fully saturated rings. The van der Waals surface area contributed by atoms with Gasteiger partial charge in [0, 0.05) is 19.3 Å². The minimum absolute atomic E-state index is 0.255. The number of sulfone groups is 1. The highest BCUT2D eigenvalue weighted by molar-refractivity contribution is 7.92. The molecule has 9 heteroatoms. The van der Waals surface area contributed by atoms with Gasteiger partial charge in [-0.25, -0.2) is 18.2 Å². The zero-order valence-corrected chi connectivity index (χ0v) is 14.8. The van der Waals surface area contributed by atoms with Crippen molar-refractivity contribution in [3.8, 4) is 0 Å². The molecule has 0 spiro atoms. The molecule has 1 aliphatic heterocycles. The van der Waals surface area contributed by atoms with Gasteiger partial charge in [-0.15, -0.1) is 5.06 Å². The monoisotopic (exact) mass is 347 g/mol. The van der Waals surface area contributed by atoms with Crippen LogP contribution in [0.2, 0.25) is 0 Å². The van der Waals surface area contributed by atoms with Crippen molar-refractivity contribution in [1.29, 1.82) is 0 Å². The highest BCUT2D eigenvalue weighted by atomic mass is 32.2. The summed E-state index contributed by atoms with van der Waals surface area (Å²) in [6.07, 6.45) is 2.56. The van der Waals surface area contributed by atoms with Crippen LogP contribution in [0, 0.1) is 5.41 Å². The minimum atomic E-state index is -3.21. The quantitative estimate of drug-likeness (QED) is 0.812.